The molecule has 0 radical (unpaired) electrons. The van der Waals surface area contributed by atoms with Gasteiger partial charge >= 0.3 is 118 Å². The van der Waals surface area contributed by atoms with Crippen LogP contribution in [0.3, 0.4) is 0 Å². The van der Waals surface area contributed by atoms with Crippen LogP contribution in [-0.2, 0) is 40.5 Å². The summed E-state index contributed by atoms with van der Waals surface area (Å²) in [5.41, 5.74) is 22.4. The largest absolute Gasteiger partial charge is 1.00 e. The molecule has 0 fully saturated rings. The summed E-state index contributed by atoms with van der Waals surface area (Å²) in [4.78, 5) is -3.40. The molecule has 26 nitrogen and oxygen atoms in total. The standard InChI is InChI=1S/C46H38N12O14S4.4Na/c1-21-33(47)19-37(75(67,68)69)41(39(21)49)55-53-29-13-7-25-15-35(73(61,62)63)43(45(59)31(25)17-29)57-51-27-9-3-23(4-10-27)24-5-11-28(12-6-24)52-58-44-36(74(64,65)66)16-26-8-14-30(18-32(26)46(44)60)54-56-42-38(76(70,71)72)20-34(48)22(2)40(42)50;;;;/h3-20,59-60H,47-50H2,1-2H3,(H,61,62,63)(H,64,65,66)(H,67,68,69)(H,70,71,72);;;;/q;4*+1/p-4. The van der Waals surface area contributed by atoms with Crippen LogP contribution in [0.1, 0.15) is 11.1 Å². The van der Waals surface area contributed by atoms with Crippen LogP contribution in [0.5, 0.6) is 11.5 Å². The maximum absolute atomic E-state index is 13.7. The second-order valence-corrected chi connectivity index (χ2v) is 21.8. The van der Waals surface area contributed by atoms with E-state index >= 15 is 0 Å². The summed E-state index contributed by atoms with van der Waals surface area (Å²) in [5, 5.41) is 58.4. The fourth-order valence-electron chi connectivity index (χ4n) is 7.37. The van der Waals surface area contributed by atoms with Crippen molar-refractivity contribution in [1.82, 2.24) is 0 Å². The summed E-state index contributed by atoms with van der Waals surface area (Å²) in [7, 11) is -20.3. The maximum atomic E-state index is 13.7. The molecule has 0 saturated carbocycles. The molecule has 0 bridgehead atoms. The van der Waals surface area contributed by atoms with E-state index in [1.54, 1.807) is 24.3 Å². The fourth-order valence-corrected chi connectivity index (χ4v) is 9.99. The van der Waals surface area contributed by atoms with Gasteiger partial charge in [0, 0.05) is 11.4 Å². The van der Waals surface area contributed by atoms with Gasteiger partial charge < -0.3 is 42.3 Å². The Morgan fingerprint density at radius 1 is 0.388 bits per heavy atom. The number of hydrogen-bond donors (Lipinski definition) is 6. The van der Waals surface area contributed by atoms with Crippen LogP contribution in [-0.4, -0.2) is 51.9 Å². The van der Waals surface area contributed by atoms with Gasteiger partial charge in [0.25, 0.3) is 20.2 Å². The number of nitrogen functional groups attached to an aromatic ring is 4. The van der Waals surface area contributed by atoms with Crippen molar-refractivity contribution in [2.45, 2.75) is 33.4 Å². The molecule has 0 spiro atoms. The smallest absolute Gasteiger partial charge is 0.871 e. The number of hydrogen-bond acceptors (Lipinski definition) is 24. The van der Waals surface area contributed by atoms with Crippen molar-refractivity contribution < 1.29 is 180 Å². The Balaban J connectivity index is 0.00000344. The van der Waals surface area contributed by atoms with Crippen molar-refractivity contribution in [3.05, 3.63) is 120 Å². The van der Waals surface area contributed by atoms with E-state index in [0.29, 0.717) is 11.1 Å². The van der Waals surface area contributed by atoms with Crippen LogP contribution in [0, 0.1) is 13.8 Å². The molecule has 34 heteroatoms. The molecule has 0 amide bonds. The minimum absolute atomic E-state index is 0. The normalized spacial score (nSPS) is 12.2. The summed E-state index contributed by atoms with van der Waals surface area (Å²) in [6.07, 6.45) is 0. The van der Waals surface area contributed by atoms with Gasteiger partial charge in [0.15, 0.2) is 0 Å². The quantitative estimate of drug-likeness (QED) is 0.0285. The summed E-state index contributed by atoms with van der Waals surface area (Å²) in [6, 6.07) is 23.2. The van der Waals surface area contributed by atoms with Gasteiger partial charge in [-0.15, -0.1) is 20.5 Å². The van der Waals surface area contributed by atoms with Gasteiger partial charge in [0.1, 0.15) is 41.4 Å². The maximum Gasteiger partial charge on any atom is 1.00 e. The number of anilines is 4. The number of nitrogens with zero attached hydrogens (tertiary/aromatic N) is 8. The number of fused-ring (bicyclic) bond motifs is 2. The van der Waals surface area contributed by atoms with Crippen molar-refractivity contribution in [3.8, 4) is 22.6 Å². The molecule has 8 aromatic carbocycles. The molecule has 8 aromatic rings. The number of rotatable bonds is 13. The van der Waals surface area contributed by atoms with Crippen molar-refractivity contribution in [1.29, 1.82) is 0 Å². The Kier molecular flexibility index (Phi) is 22.1. The fraction of sp³-hybridized carbons (Fsp3) is 0.0435. The summed E-state index contributed by atoms with van der Waals surface area (Å²) in [5.74, 6) is -2.07. The van der Waals surface area contributed by atoms with Crippen LogP contribution < -0.4 is 151 Å². The molecule has 0 heterocycles. The number of nitrogens with two attached hydrogens (primary N) is 4. The summed E-state index contributed by atoms with van der Waals surface area (Å²) in [6.45, 7) is 2.96. The molecule has 390 valence electrons. The average molecular weight is 1200 g/mol. The van der Waals surface area contributed by atoms with E-state index in [2.05, 4.69) is 40.9 Å². The zero-order valence-corrected chi connectivity index (χ0v) is 54.0. The molecule has 0 aliphatic rings. The minimum Gasteiger partial charge on any atom is -0.871 e. The van der Waals surface area contributed by atoms with E-state index in [-0.39, 0.29) is 196 Å². The SMILES string of the molecule is Cc1c(N)cc(S(=O)(=O)O)c(N=Nc2ccc3cc(S(=O)(=O)[O-])c(N=Nc4ccc(-c5ccc(N=Nc6c(S(=O)(=O)[O-])cc7ccc(N=Nc8c(S(=O)(=O)O)cc(N)c(C)c8N)cc7c6[O-])cc5)cc4)c([O-])c3c2)c1N.[Na+].[Na+].[Na+].[Na+]. The van der Waals surface area contributed by atoms with E-state index < -0.39 is 94.3 Å². The molecule has 0 aliphatic heterocycles. The van der Waals surface area contributed by atoms with Crippen LogP contribution in [0.2, 0.25) is 0 Å². The molecular weight excluding hydrogens is 1160 g/mol. The van der Waals surface area contributed by atoms with Crippen molar-refractivity contribution in [2.24, 2.45) is 40.9 Å². The molecule has 0 aliphatic carbocycles. The Morgan fingerprint density at radius 2 is 0.675 bits per heavy atom. The first kappa shape index (κ1) is 67.6. The van der Waals surface area contributed by atoms with Gasteiger partial charge in [-0.25, -0.2) is 16.8 Å². The first-order valence-corrected chi connectivity index (χ1v) is 26.9. The Hall–Kier alpha value is -4.88. The monoisotopic (exact) mass is 1200 g/mol. The predicted octanol–water partition coefficient (Wildman–Crippen LogP) is -3.27. The van der Waals surface area contributed by atoms with Crippen LogP contribution >= 0.6 is 0 Å². The van der Waals surface area contributed by atoms with Crippen molar-refractivity contribution >= 4 is 130 Å². The number of benzene rings is 8. The summed E-state index contributed by atoms with van der Waals surface area (Å²) < 4.78 is 142. The van der Waals surface area contributed by atoms with E-state index in [0.717, 1.165) is 24.3 Å². The molecule has 0 unspecified atom stereocenters. The van der Waals surface area contributed by atoms with Crippen LogP contribution in [0.15, 0.2) is 170 Å². The van der Waals surface area contributed by atoms with Crippen LogP contribution in [0.4, 0.5) is 68.2 Å². The summed E-state index contributed by atoms with van der Waals surface area (Å²) >= 11 is 0. The molecule has 80 heavy (non-hydrogen) atoms. The van der Waals surface area contributed by atoms with Gasteiger partial charge in [-0.05, 0) is 130 Å². The van der Waals surface area contributed by atoms with Gasteiger partial charge in [-0.2, -0.15) is 37.3 Å². The van der Waals surface area contributed by atoms with Crippen molar-refractivity contribution in [3.63, 3.8) is 0 Å². The van der Waals surface area contributed by atoms with Gasteiger partial charge in [0.2, 0.25) is 0 Å². The zero-order chi connectivity index (χ0) is 55.4. The molecule has 10 N–H and O–H groups in total. The second-order valence-electron chi connectivity index (χ2n) is 16.4. The van der Waals surface area contributed by atoms with Gasteiger partial charge in [-0.1, -0.05) is 47.9 Å². The van der Waals surface area contributed by atoms with Gasteiger partial charge in [-0.3, -0.25) is 9.11 Å². The first-order chi connectivity index (χ1) is 35.5. The minimum atomic E-state index is -5.30. The Bertz CT molecular complexity index is 4110. The van der Waals surface area contributed by atoms with Crippen molar-refractivity contribution in [2.75, 3.05) is 22.9 Å². The molecule has 8 rings (SSSR count). The molecular formula is C46H34N12Na4O14S4. The van der Waals surface area contributed by atoms with E-state index in [9.17, 15) is 62.1 Å². The molecule has 0 aromatic heterocycles. The van der Waals surface area contributed by atoms with Crippen LogP contribution in [0.25, 0.3) is 32.7 Å². The second kappa shape index (κ2) is 26.1. The number of azo groups is 4. The van der Waals surface area contributed by atoms with E-state index in [1.165, 1.54) is 74.5 Å². The topological polar surface area (TPSA) is 472 Å². The third-order valence-corrected chi connectivity index (χ3v) is 14.9. The van der Waals surface area contributed by atoms with E-state index in [1.807, 2.05) is 0 Å². The first-order valence-electron chi connectivity index (χ1n) is 21.2. The van der Waals surface area contributed by atoms with E-state index in [4.69, 9.17) is 22.9 Å². The average Bonchev–Trinajstić information content (AvgIpc) is 3.35. The molecule has 0 saturated heterocycles. The molecule has 0 atom stereocenters. The third kappa shape index (κ3) is 14.7. The Labute approximate surface area is 544 Å². The zero-order valence-electron chi connectivity index (χ0n) is 42.7. The Morgan fingerprint density at radius 3 is 0.975 bits per heavy atom. The van der Waals surface area contributed by atoms with Gasteiger partial charge in [0.05, 0.1) is 55.3 Å². The third-order valence-electron chi connectivity index (χ3n) is 11.5. The predicted molar refractivity (Wildman–Crippen MR) is 271 cm³/mol.